The van der Waals surface area contributed by atoms with Crippen molar-refractivity contribution in [3.8, 4) is 0 Å². The molecule has 0 spiro atoms. The molecule has 0 aromatic heterocycles. The van der Waals surface area contributed by atoms with E-state index in [9.17, 15) is 0 Å². The van der Waals surface area contributed by atoms with E-state index in [0.717, 1.165) is 6.42 Å². The summed E-state index contributed by atoms with van der Waals surface area (Å²) in [6.07, 6.45) is 1.16. The van der Waals surface area contributed by atoms with Crippen molar-refractivity contribution in [2.24, 2.45) is 0 Å². The second kappa shape index (κ2) is 28.6. The zero-order valence-electron chi connectivity index (χ0n) is 20.3. The monoisotopic (exact) mass is 678 g/mol. The Balaban J connectivity index is -0.0000000695. The Morgan fingerprint density at radius 2 is 0.879 bits per heavy atom. The molecule has 0 bridgehead atoms. The molecule has 0 fully saturated rings. The summed E-state index contributed by atoms with van der Waals surface area (Å²) in [5.41, 5.74) is 8.33. The van der Waals surface area contributed by atoms with Crippen molar-refractivity contribution in [2.45, 2.75) is 48.0 Å². The molecule has 0 atom stereocenters. The maximum Gasteiger partial charge on any atom is 4.00 e. The fraction of sp³-hybridized carbons (Fsp3) is 0.259. The van der Waals surface area contributed by atoms with Crippen LogP contribution in [-0.4, -0.2) is 0 Å². The first-order valence-corrected chi connectivity index (χ1v) is 9.70. The van der Waals surface area contributed by atoms with Crippen LogP contribution in [-0.2, 0) is 58.8 Å². The Labute approximate surface area is 265 Å². The van der Waals surface area contributed by atoms with Gasteiger partial charge in [0, 0.05) is 0 Å². The van der Waals surface area contributed by atoms with Gasteiger partial charge in [-0.05, 0) is 0 Å². The van der Waals surface area contributed by atoms with Gasteiger partial charge in [0.05, 0.1) is 0 Å². The minimum Gasteiger partial charge on any atom is -1.00 e. The topological polar surface area (TPSA) is 0 Å². The first-order valence-electron chi connectivity index (χ1n) is 9.70. The summed E-state index contributed by atoms with van der Waals surface area (Å²) >= 11 is 0. The van der Waals surface area contributed by atoms with Gasteiger partial charge < -0.3 is 49.6 Å². The molecule has 0 aliphatic heterocycles. The third-order valence-electron chi connectivity index (χ3n) is 4.60. The molecule has 6 heteroatoms. The quantitative estimate of drug-likeness (QED) is 0.179. The number of halogens is 4. The smallest absolute Gasteiger partial charge is 1.00 e. The van der Waals surface area contributed by atoms with Crippen LogP contribution in [0, 0.1) is 34.6 Å². The van der Waals surface area contributed by atoms with Crippen LogP contribution in [0.5, 0.6) is 0 Å². The van der Waals surface area contributed by atoms with Crippen LogP contribution < -0.4 is 49.6 Å². The summed E-state index contributed by atoms with van der Waals surface area (Å²) in [4.78, 5) is 0. The molecule has 4 aromatic carbocycles. The summed E-state index contributed by atoms with van der Waals surface area (Å²) in [5.74, 6) is 0. The maximum atomic E-state index is 2.16. The normalized spacial score (nSPS) is 7.58. The minimum atomic E-state index is 0. The van der Waals surface area contributed by atoms with Crippen molar-refractivity contribution in [3.05, 3.63) is 118 Å². The summed E-state index contributed by atoms with van der Waals surface area (Å²) < 4.78 is 0. The Hall–Kier alpha value is 0.326. The first kappa shape index (κ1) is 46.6. The Morgan fingerprint density at radius 1 is 0.545 bits per heavy atom. The third kappa shape index (κ3) is 22.5. The molecule has 0 saturated heterocycles. The molecule has 0 aliphatic rings. The standard InChI is InChI=1S/3C7H9.C6H7.4ClH.2Zr/c2*1-6-4-3-5-7(6)2;1-2-7-5-3-4-6-7;1-6-4-2-3-5-6;;;;;;/h2*3-5H,1-2H3;3-6H,2H2,1H3;2-5H,1H3;4*1H;;/q4*-1;;;;;2*+4/p-4. The molecule has 4 rings (SSSR count). The molecular weight excluding hydrogens is 649 g/mol. The van der Waals surface area contributed by atoms with Gasteiger partial charge in [0.2, 0.25) is 0 Å². The summed E-state index contributed by atoms with van der Waals surface area (Å²) in [6, 6.07) is 29.3. The van der Waals surface area contributed by atoms with Gasteiger partial charge in [0.15, 0.2) is 0 Å². The molecular formula is C27H34Cl4Zr2. The largest absolute Gasteiger partial charge is 4.00 e. The van der Waals surface area contributed by atoms with E-state index in [-0.39, 0.29) is 102 Å². The van der Waals surface area contributed by atoms with Crippen LogP contribution in [0.4, 0.5) is 0 Å². The van der Waals surface area contributed by atoms with Crippen LogP contribution >= 0.6 is 0 Å². The van der Waals surface area contributed by atoms with Crippen molar-refractivity contribution in [2.75, 3.05) is 0 Å². The number of hydrogen-bond donors (Lipinski definition) is 0. The van der Waals surface area contributed by atoms with Gasteiger partial charge in [-0.15, -0.1) is 0 Å². The maximum absolute atomic E-state index is 2.16. The second-order valence-electron chi connectivity index (χ2n) is 6.89. The van der Waals surface area contributed by atoms with Crippen molar-refractivity contribution < 1.29 is 102 Å². The van der Waals surface area contributed by atoms with Gasteiger partial charge in [0.1, 0.15) is 0 Å². The van der Waals surface area contributed by atoms with E-state index in [1.807, 2.05) is 12.1 Å². The third-order valence-corrected chi connectivity index (χ3v) is 4.60. The Bertz CT molecular complexity index is 758. The van der Waals surface area contributed by atoms with Crippen LogP contribution in [0.15, 0.2) is 84.9 Å². The van der Waals surface area contributed by atoms with Crippen LogP contribution in [0.25, 0.3) is 0 Å². The molecule has 0 amide bonds. The Morgan fingerprint density at radius 3 is 1.00 bits per heavy atom. The summed E-state index contributed by atoms with van der Waals surface area (Å²) in [7, 11) is 0. The second-order valence-corrected chi connectivity index (χ2v) is 6.89. The Kier molecular flexibility index (Phi) is 40.4. The van der Waals surface area contributed by atoms with E-state index >= 15 is 0 Å². The zero-order valence-corrected chi connectivity index (χ0v) is 28.2. The van der Waals surface area contributed by atoms with Gasteiger partial charge in [-0.2, -0.15) is 69.8 Å². The van der Waals surface area contributed by atoms with Gasteiger partial charge in [-0.3, -0.25) is 0 Å². The molecule has 178 valence electrons. The van der Waals surface area contributed by atoms with Crippen molar-refractivity contribution in [3.63, 3.8) is 0 Å². The molecule has 4 aromatic rings. The van der Waals surface area contributed by atoms with Crippen molar-refractivity contribution in [1.82, 2.24) is 0 Å². The fourth-order valence-corrected chi connectivity index (χ4v) is 2.32. The van der Waals surface area contributed by atoms with E-state index in [1.165, 1.54) is 33.4 Å². The zero-order chi connectivity index (χ0) is 20.1. The molecule has 0 unspecified atom stereocenters. The van der Waals surface area contributed by atoms with E-state index in [1.54, 1.807) is 0 Å². The van der Waals surface area contributed by atoms with Crippen LogP contribution in [0.3, 0.4) is 0 Å². The van der Waals surface area contributed by atoms with Crippen LogP contribution in [0.2, 0.25) is 0 Å². The predicted molar refractivity (Wildman–Crippen MR) is 121 cm³/mol. The van der Waals surface area contributed by atoms with E-state index < -0.39 is 0 Å². The molecule has 0 saturated carbocycles. The van der Waals surface area contributed by atoms with Gasteiger partial charge in [-0.1, -0.05) is 48.0 Å². The summed E-state index contributed by atoms with van der Waals surface area (Å²) in [5, 5.41) is 0. The predicted octanol–water partition coefficient (Wildman–Crippen LogP) is -4.26. The average Bonchev–Trinajstić information content (AvgIpc) is 3.44. The molecule has 33 heavy (non-hydrogen) atoms. The molecule has 0 nitrogen and oxygen atoms in total. The van der Waals surface area contributed by atoms with Gasteiger partial charge in [-0.25, -0.2) is 48.5 Å². The molecule has 0 aliphatic carbocycles. The van der Waals surface area contributed by atoms with Crippen molar-refractivity contribution in [1.29, 1.82) is 0 Å². The molecule has 0 radical (unpaired) electrons. The van der Waals surface area contributed by atoms with Gasteiger partial charge >= 0.3 is 52.4 Å². The average molecular weight is 683 g/mol. The SMILES string of the molecule is CC[c-]1cccc1.C[c-]1cccc1.Cc1ccc[c-]1C.Cc1ccc[c-]1C.[Cl-].[Cl-].[Cl-].[Cl-].[Zr+4].[Zr+4]. The number of hydrogen-bond acceptors (Lipinski definition) is 0. The number of aryl methyl sites for hydroxylation is 6. The van der Waals surface area contributed by atoms with E-state index in [0.29, 0.717) is 0 Å². The fourth-order valence-electron chi connectivity index (χ4n) is 2.32. The van der Waals surface area contributed by atoms with E-state index in [4.69, 9.17) is 0 Å². The van der Waals surface area contributed by atoms with E-state index in [2.05, 4.69) is 114 Å². The van der Waals surface area contributed by atoms with Crippen molar-refractivity contribution >= 4 is 0 Å². The first-order chi connectivity index (χ1) is 12.9. The molecule has 0 N–H and O–H groups in total. The number of rotatable bonds is 1. The van der Waals surface area contributed by atoms with Crippen LogP contribution in [0.1, 0.15) is 40.3 Å². The summed E-state index contributed by atoms with van der Waals surface area (Å²) in [6.45, 7) is 12.7. The van der Waals surface area contributed by atoms with Gasteiger partial charge in [0.25, 0.3) is 0 Å². The molecule has 0 heterocycles. The minimum absolute atomic E-state index is 0.